The number of guanidine groups is 1. The molecule has 0 aliphatic carbocycles. The molecule has 1 N–H and O–H groups in total. The minimum atomic E-state index is 0. The number of benzene rings is 1. The fraction of sp³-hybridized carbons (Fsp3) is 0.524. The van der Waals surface area contributed by atoms with Gasteiger partial charge >= 0.3 is 0 Å². The summed E-state index contributed by atoms with van der Waals surface area (Å²) >= 11 is 1.63. The van der Waals surface area contributed by atoms with Crippen molar-refractivity contribution in [1.82, 2.24) is 15.2 Å². The molecule has 1 aromatic carbocycles. The average molecular weight is 532 g/mol. The zero-order valence-electron chi connectivity index (χ0n) is 17.9. The Morgan fingerprint density at radius 3 is 2.62 bits per heavy atom. The number of ether oxygens (including phenoxy) is 2. The molecule has 0 aliphatic heterocycles. The summed E-state index contributed by atoms with van der Waals surface area (Å²) in [5.74, 6) is 0.852. The second-order valence-corrected chi connectivity index (χ2v) is 7.55. The summed E-state index contributed by atoms with van der Waals surface area (Å²) in [5, 5.41) is 6.47. The molecule has 8 heteroatoms. The molecule has 1 heterocycles. The van der Waals surface area contributed by atoms with Gasteiger partial charge in [0.25, 0.3) is 0 Å². The van der Waals surface area contributed by atoms with E-state index < -0.39 is 0 Å². The summed E-state index contributed by atoms with van der Waals surface area (Å²) in [6.45, 7) is 6.30. The zero-order chi connectivity index (χ0) is 20.4. The molecule has 2 unspecified atom stereocenters. The number of nitrogens with one attached hydrogen (secondary N) is 1. The van der Waals surface area contributed by atoms with Crippen molar-refractivity contribution < 1.29 is 9.47 Å². The van der Waals surface area contributed by atoms with Crippen molar-refractivity contribution >= 4 is 41.3 Å². The number of aromatic nitrogens is 1. The van der Waals surface area contributed by atoms with E-state index in [1.807, 2.05) is 32.2 Å². The predicted molar refractivity (Wildman–Crippen MR) is 131 cm³/mol. The summed E-state index contributed by atoms with van der Waals surface area (Å²) in [4.78, 5) is 11.1. The fourth-order valence-electron chi connectivity index (χ4n) is 2.74. The van der Waals surface area contributed by atoms with Crippen LogP contribution in [0.1, 0.15) is 48.7 Å². The maximum absolute atomic E-state index is 5.92. The molecule has 0 radical (unpaired) electrons. The summed E-state index contributed by atoms with van der Waals surface area (Å²) < 4.78 is 11.3. The monoisotopic (exact) mass is 532 g/mol. The molecule has 6 nitrogen and oxygen atoms in total. The molecule has 1 aromatic heterocycles. The van der Waals surface area contributed by atoms with Gasteiger partial charge < -0.3 is 19.7 Å². The van der Waals surface area contributed by atoms with Crippen molar-refractivity contribution in [3.05, 3.63) is 52.0 Å². The molecular weight excluding hydrogens is 499 g/mol. The van der Waals surface area contributed by atoms with Gasteiger partial charge in [-0.2, -0.15) is 0 Å². The van der Waals surface area contributed by atoms with E-state index >= 15 is 0 Å². The fourth-order valence-corrected chi connectivity index (χ4v) is 3.58. The molecule has 0 aliphatic rings. The second kappa shape index (κ2) is 13.9. The largest absolute Gasteiger partial charge is 0.375 e. The van der Waals surface area contributed by atoms with Gasteiger partial charge in [0.15, 0.2) is 5.96 Å². The summed E-state index contributed by atoms with van der Waals surface area (Å²) in [5.41, 5.74) is 2.23. The van der Waals surface area contributed by atoms with Crippen LogP contribution in [-0.2, 0) is 16.0 Å². The number of aliphatic imine (C=N–C) groups is 1. The van der Waals surface area contributed by atoms with Gasteiger partial charge in [-0.15, -0.1) is 35.3 Å². The van der Waals surface area contributed by atoms with Crippen LogP contribution in [0.2, 0.25) is 0 Å². The molecule has 0 fully saturated rings. The molecule has 2 rings (SSSR count). The summed E-state index contributed by atoms with van der Waals surface area (Å²) in [6.07, 6.45) is 1.05. The molecular formula is C21H33IN4O2S. The van der Waals surface area contributed by atoms with E-state index in [1.54, 1.807) is 25.5 Å². The van der Waals surface area contributed by atoms with E-state index in [0.29, 0.717) is 13.2 Å². The lowest BCUT2D eigenvalue weighted by molar-refractivity contribution is 0.0645. The smallest absolute Gasteiger partial charge is 0.193 e. The van der Waals surface area contributed by atoms with E-state index in [1.165, 1.54) is 5.56 Å². The molecule has 0 saturated carbocycles. The first-order valence-electron chi connectivity index (χ1n) is 9.60. The third-order valence-corrected chi connectivity index (χ3v) is 5.54. The number of hydrogen-bond acceptors (Lipinski definition) is 5. The minimum absolute atomic E-state index is 0. The van der Waals surface area contributed by atoms with Crippen LogP contribution in [0.15, 0.2) is 40.7 Å². The summed E-state index contributed by atoms with van der Waals surface area (Å²) in [7, 11) is 5.52. The quantitative estimate of drug-likeness (QED) is 0.209. The Hall–Kier alpha value is -1.23. The van der Waals surface area contributed by atoms with Gasteiger partial charge in [0, 0.05) is 39.7 Å². The number of nitrogens with zero attached hydrogens (tertiary/aromatic N) is 3. The first-order valence-corrected chi connectivity index (χ1v) is 10.5. The van der Waals surface area contributed by atoms with Gasteiger partial charge in [-0.1, -0.05) is 30.3 Å². The van der Waals surface area contributed by atoms with Crippen molar-refractivity contribution in [3.8, 4) is 0 Å². The number of halogens is 1. The van der Waals surface area contributed by atoms with Crippen molar-refractivity contribution in [3.63, 3.8) is 0 Å². The van der Waals surface area contributed by atoms with Gasteiger partial charge in [0.05, 0.1) is 18.3 Å². The summed E-state index contributed by atoms with van der Waals surface area (Å²) in [6, 6.07) is 10.3. The Balaban J connectivity index is 0.00000420. The Labute approximate surface area is 195 Å². The molecule has 2 atom stereocenters. The van der Waals surface area contributed by atoms with Crippen LogP contribution >= 0.6 is 35.3 Å². The standard InChI is InChI=1S/C21H32N4O2S.HI/c1-16(18-10-7-6-8-11-18)27-13-9-12-23-21(22-3)25(4)14-19-15-28-20(24-19)17(2)26-5;/h6-8,10-11,15-17H,9,12-14H2,1-5H3,(H,22,23);1H. The van der Waals surface area contributed by atoms with Crippen LogP contribution in [-0.4, -0.2) is 50.2 Å². The van der Waals surface area contributed by atoms with E-state index in [9.17, 15) is 0 Å². The van der Waals surface area contributed by atoms with Gasteiger partial charge in [-0.3, -0.25) is 4.99 Å². The molecule has 2 aromatic rings. The zero-order valence-corrected chi connectivity index (χ0v) is 21.1. The lowest BCUT2D eigenvalue weighted by Gasteiger charge is -2.21. The van der Waals surface area contributed by atoms with Crippen LogP contribution in [0.5, 0.6) is 0 Å². The van der Waals surface area contributed by atoms with Crippen LogP contribution < -0.4 is 5.32 Å². The van der Waals surface area contributed by atoms with Gasteiger partial charge in [0.1, 0.15) is 11.1 Å². The van der Waals surface area contributed by atoms with Crippen molar-refractivity contribution in [2.45, 2.75) is 39.0 Å². The number of rotatable bonds is 10. The first-order chi connectivity index (χ1) is 13.5. The van der Waals surface area contributed by atoms with Gasteiger partial charge in [-0.25, -0.2) is 4.98 Å². The van der Waals surface area contributed by atoms with Crippen molar-refractivity contribution in [1.29, 1.82) is 0 Å². The molecule has 29 heavy (non-hydrogen) atoms. The third kappa shape index (κ3) is 8.57. The van der Waals surface area contributed by atoms with E-state index in [-0.39, 0.29) is 36.2 Å². The van der Waals surface area contributed by atoms with Crippen LogP contribution in [0, 0.1) is 0 Å². The predicted octanol–water partition coefficient (Wildman–Crippen LogP) is 4.64. The van der Waals surface area contributed by atoms with Crippen LogP contribution in [0.4, 0.5) is 0 Å². The first kappa shape index (κ1) is 25.8. The Bertz CT molecular complexity index is 726. The Kier molecular flexibility index (Phi) is 12.4. The van der Waals surface area contributed by atoms with E-state index in [4.69, 9.17) is 9.47 Å². The lowest BCUT2D eigenvalue weighted by atomic mass is 10.1. The van der Waals surface area contributed by atoms with E-state index in [0.717, 1.165) is 29.6 Å². The number of thiazole rings is 1. The lowest BCUT2D eigenvalue weighted by Crippen LogP contribution is -2.39. The maximum Gasteiger partial charge on any atom is 0.193 e. The van der Waals surface area contributed by atoms with Crippen LogP contribution in [0.3, 0.4) is 0 Å². The second-order valence-electron chi connectivity index (χ2n) is 6.66. The molecule has 0 amide bonds. The maximum atomic E-state index is 5.92. The van der Waals surface area contributed by atoms with Gasteiger partial charge in [0.2, 0.25) is 0 Å². The third-order valence-electron chi connectivity index (χ3n) is 4.48. The van der Waals surface area contributed by atoms with E-state index in [2.05, 4.69) is 44.6 Å². The molecule has 162 valence electrons. The normalized spacial score (nSPS) is 13.5. The highest BCUT2D eigenvalue weighted by molar-refractivity contribution is 14.0. The highest BCUT2D eigenvalue weighted by atomic mass is 127. The number of methoxy groups -OCH3 is 1. The van der Waals surface area contributed by atoms with Gasteiger partial charge in [-0.05, 0) is 25.8 Å². The average Bonchev–Trinajstić information content (AvgIpc) is 3.18. The highest BCUT2D eigenvalue weighted by Crippen LogP contribution is 2.21. The highest BCUT2D eigenvalue weighted by Gasteiger charge is 2.12. The topological polar surface area (TPSA) is 59.0 Å². The SMILES string of the molecule is CN=C(NCCCOC(C)c1ccccc1)N(C)Cc1csc(C(C)OC)n1.I. The minimum Gasteiger partial charge on any atom is -0.375 e. The Morgan fingerprint density at radius 2 is 1.97 bits per heavy atom. The van der Waals surface area contributed by atoms with Crippen LogP contribution in [0.25, 0.3) is 0 Å². The molecule has 0 saturated heterocycles. The van der Waals surface area contributed by atoms with Crippen molar-refractivity contribution in [2.75, 3.05) is 34.4 Å². The Morgan fingerprint density at radius 1 is 1.24 bits per heavy atom. The number of hydrogen-bond donors (Lipinski definition) is 1. The molecule has 0 spiro atoms. The van der Waals surface area contributed by atoms with Crippen molar-refractivity contribution in [2.24, 2.45) is 4.99 Å². The molecule has 0 bridgehead atoms.